The number of hydrogen-bond donors (Lipinski definition) is 4. The lowest BCUT2D eigenvalue weighted by Crippen LogP contribution is -2.36. The predicted molar refractivity (Wildman–Crippen MR) is 115 cm³/mol. The van der Waals surface area contributed by atoms with E-state index in [9.17, 15) is 9.50 Å². The molecule has 0 bridgehead atoms. The summed E-state index contributed by atoms with van der Waals surface area (Å²) in [6.07, 6.45) is 10.4. The molecule has 0 spiro atoms. The van der Waals surface area contributed by atoms with Crippen LogP contribution in [-0.4, -0.2) is 29.7 Å². The average molecular weight is 403 g/mol. The van der Waals surface area contributed by atoms with Crippen molar-refractivity contribution in [2.24, 2.45) is 16.6 Å². The molecule has 0 saturated carbocycles. The lowest BCUT2D eigenvalue weighted by Gasteiger charge is -2.17. The van der Waals surface area contributed by atoms with E-state index < -0.39 is 18.1 Å². The number of hydrogen-bond acceptors (Lipinski definition) is 6. The second-order valence-corrected chi connectivity index (χ2v) is 7.23. The number of allylic oxidation sites excluding steroid dienone is 5. The Morgan fingerprint density at radius 1 is 1.41 bits per heavy atom. The molecule has 1 aliphatic rings. The number of aryl methyl sites for hydroxylation is 1. The van der Waals surface area contributed by atoms with E-state index in [4.69, 9.17) is 16.2 Å². The zero-order chi connectivity index (χ0) is 21.4. The highest BCUT2D eigenvalue weighted by atomic mass is 19.1. The van der Waals surface area contributed by atoms with Gasteiger partial charge in [0.25, 0.3) is 0 Å². The zero-order valence-corrected chi connectivity index (χ0v) is 17.3. The fourth-order valence-corrected chi connectivity index (χ4v) is 2.93. The summed E-state index contributed by atoms with van der Waals surface area (Å²) >= 11 is 0. The van der Waals surface area contributed by atoms with E-state index in [-0.39, 0.29) is 12.4 Å². The van der Waals surface area contributed by atoms with Gasteiger partial charge in [-0.15, -0.1) is 0 Å². The molecular formula is C22H31FN4O2. The molecule has 0 fully saturated rings. The number of nitrogens with zero attached hydrogens (tertiary/aromatic N) is 1. The molecule has 0 radical (unpaired) electrons. The third kappa shape index (κ3) is 7.12. The first-order chi connectivity index (χ1) is 13.8. The molecule has 0 aromatic heterocycles. The van der Waals surface area contributed by atoms with Gasteiger partial charge in [-0.05, 0) is 68.5 Å². The van der Waals surface area contributed by atoms with E-state index in [1.165, 1.54) is 0 Å². The first-order valence-corrected chi connectivity index (χ1v) is 9.75. The number of benzene rings is 1. The Morgan fingerprint density at radius 2 is 2.17 bits per heavy atom. The second-order valence-electron chi connectivity index (χ2n) is 7.23. The molecule has 6 nitrogen and oxygen atoms in total. The van der Waals surface area contributed by atoms with E-state index in [1.807, 2.05) is 19.1 Å². The minimum atomic E-state index is -0.672. The Bertz CT molecular complexity index is 827. The third-order valence-electron chi connectivity index (χ3n) is 4.54. The standard InChI is InChI=1S/C22H31FN4O2/c1-14-11-20(29-13-21(24)25)22(23)16(3)19(14)12-18(10-9-15(2)28)27-26-17-7-5-4-6-8-17/h4-5,7,9-11,15,21,26,28H,6,8,12-13,24-25H2,1-3H3/b10-9-,27-18+. The van der Waals surface area contributed by atoms with E-state index >= 15 is 0 Å². The van der Waals surface area contributed by atoms with Gasteiger partial charge in [0.05, 0.1) is 18.0 Å². The number of nitrogens with one attached hydrogen (secondary N) is 1. The number of aliphatic hydroxyl groups excluding tert-OH is 1. The van der Waals surface area contributed by atoms with Crippen LogP contribution >= 0.6 is 0 Å². The van der Waals surface area contributed by atoms with E-state index in [1.54, 1.807) is 32.1 Å². The van der Waals surface area contributed by atoms with Gasteiger partial charge in [0.1, 0.15) is 6.61 Å². The SMILES string of the molecule is Cc1cc(OCC(N)N)c(F)c(C)c1CC(/C=C\C(C)O)=N/NC1=CC=CCC1. The van der Waals surface area contributed by atoms with Gasteiger partial charge in [0, 0.05) is 12.1 Å². The van der Waals surface area contributed by atoms with Crippen LogP contribution in [0.2, 0.25) is 0 Å². The van der Waals surface area contributed by atoms with E-state index in [0.29, 0.717) is 17.7 Å². The Hall–Kier alpha value is -2.48. The number of rotatable bonds is 9. The summed E-state index contributed by atoms with van der Waals surface area (Å²) in [7, 11) is 0. The van der Waals surface area contributed by atoms with Crippen LogP contribution in [0.15, 0.2) is 47.2 Å². The lowest BCUT2D eigenvalue weighted by atomic mass is 9.96. The third-order valence-corrected chi connectivity index (χ3v) is 4.54. The van der Waals surface area contributed by atoms with Gasteiger partial charge in [-0.2, -0.15) is 5.10 Å². The number of aliphatic hydroxyl groups is 1. The molecule has 1 aliphatic carbocycles. The molecule has 1 aromatic rings. The molecular weight excluding hydrogens is 371 g/mol. The normalized spacial score (nSPS) is 15.7. The summed E-state index contributed by atoms with van der Waals surface area (Å²) in [6, 6.07) is 1.65. The zero-order valence-electron chi connectivity index (χ0n) is 17.3. The van der Waals surface area contributed by atoms with Gasteiger partial charge in [-0.3, -0.25) is 5.43 Å². The second kappa shape index (κ2) is 10.9. The van der Waals surface area contributed by atoms with Gasteiger partial charge in [-0.1, -0.05) is 18.2 Å². The number of ether oxygens (including phenoxy) is 1. The van der Waals surface area contributed by atoms with Gasteiger partial charge < -0.3 is 21.3 Å². The quantitative estimate of drug-likeness (QED) is 0.289. The van der Waals surface area contributed by atoms with Crippen LogP contribution in [-0.2, 0) is 6.42 Å². The lowest BCUT2D eigenvalue weighted by molar-refractivity contribution is 0.244. The van der Waals surface area contributed by atoms with Gasteiger partial charge in [-0.25, -0.2) is 4.39 Å². The minimum Gasteiger partial charge on any atom is -0.487 e. The van der Waals surface area contributed by atoms with Crippen LogP contribution in [0, 0.1) is 19.7 Å². The minimum absolute atomic E-state index is 0.0342. The first-order valence-electron chi connectivity index (χ1n) is 9.75. The molecule has 1 aromatic carbocycles. The molecule has 0 saturated heterocycles. The van der Waals surface area contributed by atoms with Crippen LogP contribution in [0.3, 0.4) is 0 Å². The maximum Gasteiger partial charge on any atom is 0.168 e. The number of halogens is 1. The molecule has 7 heteroatoms. The van der Waals surface area contributed by atoms with E-state index in [2.05, 4.69) is 16.6 Å². The van der Waals surface area contributed by atoms with Crippen LogP contribution in [0.5, 0.6) is 5.75 Å². The Morgan fingerprint density at radius 3 is 2.79 bits per heavy atom. The van der Waals surface area contributed by atoms with Gasteiger partial charge in [0.2, 0.25) is 0 Å². The Labute approximate surface area is 171 Å². The Kier molecular flexibility index (Phi) is 8.57. The highest BCUT2D eigenvalue weighted by molar-refractivity contribution is 5.96. The first kappa shape index (κ1) is 22.8. The largest absolute Gasteiger partial charge is 0.487 e. The molecule has 2 rings (SSSR count). The number of nitrogens with two attached hydrogens (primary N) is 2. The highest BCUT2D eigenvalue weighted by Crippen LogP contribution is 2.27. The fourth-order valence-electron chi connectivity index (χ4n) is 2.93. The highest BCUT2D eigenvalue weighted by Gasteiger charge is 2.16. The molecule has 1 atom stereocenters. The molecule has 6 N–H and O–H groups in total. The maximum absolute atomic E-state index is 14.8. The monoisotopic (exact) mass is 402 g/mol. The van der Waals surface area contributed by atoms with Crippen LogP contribution in [0.25, 0.3) is 0 Å². The van der Waals surface area contributed by atoms with Crippen LogP contribution in [0.1, 0.15) is 36.5 Å². The molecule has 0 aliphatic heterocycles. The van der Waals surface area contributed by atoms with Crippen molar-refractivity contribution in [3.63, 3.8) is 0 Å². The van der Waals surface area contributed by atoms with Gasteiger partial charge >= 0.3 is 0 Å². The summed E-state index contributed by atoms with van der Waals surface area (Å²) in [5, 5.41) is 14.1. The molecule has 0 amide bonds. The van der Waals surface area contributed by atoms with Crippen molar-refractivity contribution in [1.29, 1.82) is 0 Å². The van der Waals surface area contributed by atoms with Crippen molar-refractivity contribution >= 4 is 5.71 Å². The molecule has 1 unspecified atom stereocenters. The number of hydrazone groups is 1. The fraction of sp³-hybridized carbons (Fsp3) is 0.409. The maximum atomic E-state index is 14.8. The van der Waals surface area contributed by atoms with Crippen molar-refractivity contribution in [2.75, 3.05) is 6.61 Å². The summed E-state index contributed by atoms with van der Waals surface area (Å²) in [6.45, 7) is 5.31. The predicted octanol–water partition coefficient (Wildman–Crippen LogP) is 2.72. The molecule has 29 heavy (non-hydrogen) atoms. The molecule has 0 heterocycles. The van der Waals surface area contributed by atoms with Crippen molar-refractivity contribution in [2.45, 2.75) is 52.3 Å². The average Bonchev–Trinajstić information content (AvgIpc) is 2.69. The van der Waals surface area contributed by atoms with Gasteiger partial charge in [0.15, 0.2) is 11.6 Å². The summed E-state index contributed by atoms with van der Waals surface area (Å²) < 4.78 is 20.2. The summed E-state index contributed by atoms with van der Waals surface area (Å²) in [5.41, 5.74) is 17.9. The van der Waals surface area contributed by atoms with Crippen LogP contribution < -0.4 is 21.6 Å². The summed E-state index contributed by atoms with van der Waals surface area (Å²) in [4.78, 5) is 0. The van der Waals surface area contributed by atoms with Crippen molar-refractivity contribution in [1.82, 2.24) is 5.43 Å². The van der Waals surface area contributed by atoms with Crippen molar-refractivity contribution < 1.29 is 14.2 Å². The summed E-state index contributed by atoms with van der Waals surface area (Å²) in [5.74, 6) is -0.293. The molecule has 158 valence electrons. The topological polar surface area (TPSA) is 106 Å². The smallest absolute Gasteiger partial charge is 0.168 e. The van der Waals surface area contributed by atoms with E-state index in [0.717, 1.165) is 29.7 Å². The Balaban J connectivity index is 2.28. The van der Waals surface area contributed by atoms with Crippen LogP contribution in [0.4, 0.5) is 4.39 Å². The van der Waals surface area contributed by atoms with Crippen molar-refractivity contribution in [3.8, 4) is 5.75 Å². The van der Waals surface area contributed by atoms with Crippen molar-refractivity contribution in [3.05, 3.63) is 64.7 Å².